The van der Waals surface area contributed by atoms with Crippen LogP contribution in [0, 0.1) is 5.41 Å². The van der Waals surface area contributed by atoms with Gasteiger partial charge in [0, 0.05) is 22.7 Å². The quantitative estimate of drug-likeness (QED) is 0.511. The third-order valence-corrected chi connectivity index (χ3v) is 5.68. The molecule has 162 valence electrons. The first kappa shape index (κ1) is 21.4. The predicted molar refractivity (Wildman–Crippen MR) is 127 cm³/mol. The number of fused-ring (bicyclic) bond motifs is 1. The molecule has 0 aliphatic heterocycles. The van der Waals surface area contributed by atoms with Gasteiger partial charge in [-0.05, 0) is 46.6 Å². The van der Waals surface area contributed by atoms with Crippen LogP contribution >= 0.6 is 0 Å². The molecule has 0 aromatic heterocycles. The van der Waals surface area contributed by atoms with E-state index in [1.165, 1.54) is 24.8 Å². The van der Waals surface area contributed by atoms with Crippen LogP contribution in [0.4, 0.5) is 5.69 Å². The summed E-state index contributed by atoms with van der Waals surface area (Å²) in [5.41, 5.74) is 3.35. The van der Waals surface area contributed by atoms with Crippen molar-refractivity contribution in [1.29, 1.82) is 0 Å². The highest BCUT2D eigenvalue weighted by atomic mass is 16.5. The van der Waals surface area contributed by atoms with Crippen LogP contribution in [0.2, 0.25) is 0 Å². The molecule has 4 rings (SSSR count). The summed E-state index contributed by atoms with van der Waals surface area (Å²) in [5.74, 6) is -1.16. The third kappa shape index (κ3) is 4.14. The molecule has 1 aliphatic rings. The SMILES string of the molecule is COc1cc(NC(=O)c2cccc3cccc(C4=CC=CC(C)(C)C4)c23)ccc1C(=O)O. The third-order valence-electron chi connectivity index (χ3n) is 5.68. The number of carboxylic acids is 1. The number of allylic oxidation sites excluding steroid dienone is 4. The molecule has 0 heterocycles. The first-order valence-corrected chi connectivity index (χ1v) is 10.4. The monoisotopic (exact) mass is 427 g/mol. The van der Waals surface area contributed by atoms with Crippen LogP contribution in [0.1, 0.15) is 46.5 Å². The fraction of sp³-hybridized carbons (Fsp3) is 0.185. The summed E-state index contributed by atoms with van der Waals surface area (Å²) in [5, 5.41) is 14.1. The van der Waals surface area contributed by atoms with Gasteiger partial charge >= 0.3 is 5.97 Å². The Morgan fingerprint density at radius 1 is 1.03 bits per heavy atom. The van der Waals surface area contributed by atoms with Crippen LogP contribution in [0.25, 0.3) is 16.3 Å². The largest absolute Gasteiger partial charge is 0.496 e. The molecule has 0 saturated carbocycles. The average molecular weight is 428 g/mol. The minimum Gasteiger partial charge on any atom is -0.496 e. The molecule has 0 saturated heterocycles. The fourth-order valence-corrected chi connectivity index (χ4v) is 4.16. The van der Waals surface area contributed by atoms with Crippen molar-refractivity contribution in [3.05, 3.63) is 89.5 Å². The molecule has 32 heavy (non-hydrogen) atoms. The summed E-state index contributed by atoms with van der Waals surface area (Å²) in [6.45, 7) is 4.40. The lowest BCUT2D eigenvalue weighted by Crippen LogP contribution is -2.14. The molecular formula is C27H25NO4. The number of methoxy groups -OCH3 is 1. The first-order valence-electron chi connectivity index (χ1n) is 10.4. The lowest BCUT2D eigenvalue weighted by atomic mass is 9.78. The van der Waals surface area contributed by atoms with Crippen LogP contribution in [0.5, 0.6) is 5.75 Å². The summed E-state index contributed by atoms with van der Waals surface area (Å²) in [6.07, 6.45) is 7.27. The van der Waals surface area contributed by atoms with Gasteiger partial charge in [-0.2, -0.15) is 0 Å². The number of ether oxygens (including phenoxy) is 1. The second-order valence-electron chi connectivity index (χ2n) is 8.60. The van der Waals surface area contributed by atoms with E-state index < -0.39 is 5.97 Å². The van der Waals surface area contributed by atoms with Gasteiger partial charge in [0.15, 0.2) is 0 Å². The minimum atomic E-state index is -1.09. The van der Waals surface area contributed by atoms with Gasteiger partial charge in [-0.3, -0.25) is 4.79 Å². The highest BCUT2D eigenvalue weighted by molar-refractivity contribution is 6.15. The number of amides is 1. The molecule has 5 nitrogen and oxygen atoms in total. The number of benzene rings is 3. The highest BCUT2D eigenvalue weighted by Gasteiger charge is 2.22. The summed E-state index contributed by atoms with van der Waals surface area (Å²) < 4.78 is 5.18. The molecule has 0 atom stereocenters. The van der Waals surface area contributed by atoms with Crippen molar-refractivity contribution in [3.63, 3.8) is 0 Å². The number of hydrogen-bond donors (Lipinski definition) is 2. The van der Waals surface area contributed by atoms with Crippen LogP contribution in [-0.4, -0.2) is 24.1 Å². The zero-order chi connectivity index (χ0) is 22.9. The van der Waals surface area contributed by atoms with Crippen molar-refractivity contribution in [1.82, 2.24) is 0 Å². The van der Waals surface area contributed by atoms with Gasteiger partial charge in [-0.1, -0.05) is 62.4 Å². The number of nitrogens with one attached hydrogen (secondary N) is 1. The Bertz CT molecular complexity index is 1280. The molecule has 0 unspecified atom stereocenters. The van der Waals surface area contributed by atoms with E-state index in [0.717, 1.165) is 22.8 Å². The fourth-order valence-electron chi connectivity index (χ4n) is 4.16. The average Bonchev–Trinajstić information content (AvgIpc) is 2.77. The van der Waals surface area contributed by atoms with Crippen molar-refractivity contribution >= 4 is 33.9 Å². The van der Waals surface area contributed by atoms with Crippen LogP contribution in [-0.2, 0) is 0 Å². The van der Waals surface area contributed by atoms with Crippen molar-refractivity contribution in [3.8, 4) is 5.75 Å². The van der Waals surface area contributed by atoms with Gasteiger partial charge in [-0.15, -0.1) is 0 Å². The van der Waals surface area contributed by atoms with Gasteiger partial charge in [-0.25, -0.2) is 4.79 Å². The lowest BCUT2D eigenvalue weighted by Gasteiger charge is -2.26. The molecule has 2 N–H and O–H groups in total. The Labute approximate surface area is 187 Å². The maximum Gasteiger partial charge on any atom is 0.339 e. The summed E-state index contributed by atoms with van der Waals surface area (Å²) in [7, 11) is 1.40. The Kier molecular flexibility index (Phi) is 5.57. The Balaban J connectivity index is 1.75. The standard InChI is InChI=1S/C27H25NO4/c1-27(2)14-6-9-18(16-27)20-10-4-7-17-8-5-11-22(24(17)20)25(29)28-19-12-13-21(26(30)31)23(15-19)32-3/h4-15H,16H2,1-3H3,(H,28,29)(H,30,31). The molecule has 0 fully saturated rings. The summed E-state index contributed by atoms with van der Waals surface area (Å²) in [6, 6.07) is 16.3. The van der Waals surface area contributed by atoms with E-state index in [9.17, 15) is 14.7 Å². The minimum absolute atomic E-state index is 0.0397. The molecule has 1 aliphatic carbocycles. The van der Waals surface area contributed by atoms with Crippen LogP contribution in [0.15, 0.2) is 72.8 Å². The number of hydrogen-bond acceptors (Lipinski definition) is 3. The highest BCUT2D eigenvalue weighted by Crippen LogP contribution is 2.39. The van der Waals surface area contributed by atoms with E-state index in [-0.39, 0.29) is 22.6 Å². The second kappa shape index (κ2) is 8.35. The van der Waals surface area contributed by atoms with Gasteiger partial charge < -0.3 is 15.2 Å². The van der Waals surface area contributed by atoms with Crippen molar-refractivity contribution < 1.29 is 19.4 Å². The molecule has 5 heteroatoms. The molecule has 3 aromatic carbocycles. The first-order chi connectivity index (χ1) is 15.3. The van der Waals surface area contributed by atoms with Gasteiger partial charge in [0.05, 0.1) is 7.11 Å². The molecule has 1 amide bonds. The van der Waals surface area contributed by atoms with E-state index >= 15 is 0 Å². The van der Waals surface area contributed by atoms with Crippen molar-refractivity contribution in [2.75, 3.05) is 12.4 Å². The summed E-state index contributed by atoms with van der Waals surface area (Å²) >= 11 is 0. The maximum absolute atomic E-state index is 13.3. The number of carbonyl (C=O) groups excluding carboxylic acids is 1. The van der Waals surface area contributed by atoms with E-state index in [1.54, 1.807) is 6.07 Å². The number of carbonyl (C=O) groups is 2. The molecule has 0 radical (unpaired) electrons. The van der Waals surface area contributed by atoms with E-state index in [0.29, 0.717) is 11.3 Å². The van der Waals surface area contributed by atoms with Crippen molar-refractivity contribution in [2.24, 2.45) is 5.41 Å². The zero-order valence-electron chi connectivity index (χ0n) is 18.3. The van der Waals surface area contributed by atoms with E-state index in [4.69, 9.17) is 4.74 Å². The number of rotatable bonds is 5. The Morgan fingerprint density at radius 2 is 1.78 bits per heavy atom. The number of aromatic carboxylic acids is 1. The Morgan fingerprint density at radius 3 is 2.47 bits per heavy atom. The zero-order valence-corrected chi connectivity index (χ0v) is 18.3. The molecular weight excluding hydrogens is 402 g/mol. The number of anilines is 1. The van der Waals surface area contributed by atoms with Crippen LogP contribution < -0.4 is 10.1 Å². The molecule has 0 bridgehead atoms. The van der Waals surface area contributed by atoms with E-state index in [2.05, 4.69) is 43.5 Å². The van der Waals surface area contributed by atoms with Crippen molar-refractivity contribution in [2.45, 2.75) is 20.3 Å². The number of carboxylic acid groups (broad SMARTS) is 1. The molecule has 0 spiro atoms. The van der Waals surface area contributed by atoms with Crippen LogP contribution in [0.3, 0.4) is 0 Å². The van der Waals surface area contributed by atoms with Gasteiger partial charge in [0.1, 0.15) is 11.3 Å². The predicted octanol–water partition coefficient (Wildman–Crippen LogP) is 6.17. The Hall–Kier alpha value is -3.86. The summed E-state index contributed by atoms with van der Waals surface area (Å²) in [4.78, 5) is 24.6. The maximum atomic E-state index is 13.3. The second-order valence-corrected chi connectivity index (χ2v) is 8.60. The smallest absolute Gasteiger partial charge is 0.339 e. The topological polar surface area (TPSA) is 75.6 Å². The normalized spacial score (nSPS) is 14.7. The lowest BCUT2D eigenvalue weighted by molar-refractivity contribution is 0.0693. The molecule has 3 aromatic rings. The van der Waals surface area contributed by atoms with Gasteiger partial charge in [0.2, 0.25) is 0 Å². The van der Waals surface area contributed by atoms with Gasteiger partial charge in [0.25, 0.3) is 5.91 Å². The van der Waals surface area contributed by atoms with E-state index in [1.807, 2.05) is 30.3 Å².